The Bertz CT molecular complexity index is 649. The van der Waals surface area contributed by atoms with Crippen LogP contribution in [-0.4, -0.2) is 26.7 Å². The Morgan fingerprint density at radius 3 is 1.89 bits per heavy atom. The summed E-state index contributed by atoms with van der Waals surface area (Å²) in [6.45, 7) is 3.28. The van der Waals surface area contributed by atoms with E-state index in [4.69, 9.17) is 13.3 Å². The van der Waals surface area contributed by atoms with Gasteiger partial charge in [-0.2, -0.15) is 13.2 Å². The van der Waals surface area contributed by atoms with Crippen LogP contribution >= 0.6 is 0 Å². The minimum atomic E-state index is -4.42. The van der Waals surface area contributed by atoms with E-state index in [1.54, 1.807) is 6.07 Å². The van der Waals surface area contributed by atoms with Gasteiger partial charge < -0.3 is 13.3 Å². The van der Waals surface area contributed by atoms with Crippen molar-refractivity contribution in [3.8, 4) is 0 Å². The lowest BCUT2D eigenvalue weighted by atomic mass is 10.1. The highest BCUT2D eigenvalue weighted by Gasteiger charge is 2.51. The summed E-state index contributed by atoms with van der Waals surface area (Å²) < 4.78 is 53.3. The van der Waals surface area contributed by atoms with Crippen LogP contribution in [0, 0.1) is 0 Å². The minimum absolute atomic E-state index is 0.00922. The average Bonchev–Trinajstić information content (AvgIpc) is 2.49. The molecular weight excluding hydrogens is 385 g/mol. The van der Waals surface area contributed by atoms with Gasteiger partial charge in [0.2, 0.25) is 0 Å². The SMILES string of the molecule is CC(=O)O[Si](CCCCc1cccc(C(F)(F)F)c1)(OC(C)=O)OC(C)=O. The number of alkyl halides is 3. The zero-order valence-electron chi connectivity index (χ0n) is 15.2. The zero-order chi connectivity index (χ0) is 20.7. The highest BCUT2D eigenvalue weighted by atomic mass is 28.4. The molecule has 0 aliphatic rings. The maximum Gasteiger partial charge on any atom is 0.705 e. The van der Waals surface area contributed by atoms with E-state index >= 15 is 0 Å². The molecule has 0 saturated heterocycles. The van der Waals surface area contributed by atoms with Crippen molar-refractivity contribution in [2.75, 3.05) is 0 Å². The number of hydrogen-bond acceptors (Lipinski definition) is 6. The van der Waals surface area contributed by atoms with Crippen molar-refractivity contribution >= 4 is 26.7 Å². The number of benzene rings is 1. The lowest BCUT2D eigenvalue weighted by Crippen LogP contribution is -2.49. The molecule has 150 valence electrons. The van der Waals surface area contributed by atoms with Crippen LogP contribution in [0.3, 0.4) is 0 Å². The summed E-state index contributed by atoms with van der Waals surface area (Å²) in [7, 11) is -3.89. The molecule has 10 heteroatoms. The van der Waals surface area contributed by atoms with Gasteiger partial charge in [0, 0.05) is 20.8 Å². The zero-order valence-corrected chi connectivity index (χ0v) is 16.2. The summed E-state index contributed by atoms with van der Waals surface area (Å²) in [6, 6.07) is 4.95. The molecule has 0 fully saturated rings. The first-order valence-electron chi connectivity index (χ1n) is 8.18. The maximum absolute atomic E-state index is 12.7. The average molecular weight is 406 g/mol. The van der Waals surface area contributed by atoms with Crippen molar-refractivity contribution in [3.05, 3.63) is 35.4 Å². The molecule has 0 atom stereocenters. The second-order valence-corrected chi connectivity index (χ2v) is 8.35. The van der Waals surface area contributed by atoms with Gasteiger partial charge in [-0.05, 0) is 30.9 Å². The first kappa shape index (κ1) is 22.7. The quantitative estimate of drug-likeness (QED) is 0.484. The number of rotatable bonds is 8. The summed E-state index contributed by atoms with van der Waals surface area (Å²) in [5, 5.41) is 0. The van der Waals surface area contributed by atoms with Gasteiger partial charge in [-0.15, -0.1) is 0 Å². The fraction of sp³-hybridized carbons (Fsp3) is 0.471. The van der Waals surface area contributed by atoms with Crippen LogP contribution in [0.4, 0.5) is 13.2 Å². The van der Waals surface area contributed by atoms with Crippen LogP contribution in [0.1, 0.15) is 44.7 Å². The van der Waals surface area contributed by atoms with E-state index in [-0.39, 0.29) is 6.04 Å². The van der Waals surface area contributed by atoms with E-state index in [0.29, 0.717) is 24.8 Å². The van der Waals surface area contributed by atoms with E-state index in [1.807, 2.05) is 0 Å². The van der Waals surface area contributed by atoms with E-state index in [1.165, 1.54) is 6.07 Å². The Kier molecular flexibility index (Phi) is 8.01. The standard InChI is InChI=1S/C17H21F3O6Si/c1-12(21)24-27(25-13(2)22,26-14(3)23)10-5-4-7-15-8-6-9-16(11-15)17(18,19)20/h6,8-9,11H,4-5,7,10H2,1-3H3. The molecule has 0 heterocycles. The summed E-state index contributed by atoms with van der Waals surface area (Å²) in [4.78, 5) is 34.0. The fourth-order valence-corrected chi connectivity index (χ4v) is 4.87. The van der Waals surface area contributed by atoms with Gasteiger partial charge >= 0.3 is 15.0 Å². The first-order chi connectivity index (χ1) is 12.4. The smallest absolute Gasteiger partial charge is 0.455 e. The normalized spacial score (nSPS) is 11.6. The van der Waals surface area contributed by atoms with Crippen molar-refractivity contribution in [1.29, 1.82) is 0 Å². The van der Waals surface area contributed by atoms with Gasteiger partial charge in [-0.1, -0.05) is 18.2 Å². The van der Waals surface area contributed by atoms with Crippen LogP contribution in [0.15, 0.2) is 24.3 Å². The predicted molar refractivity (Wildman–Crippen MR) is 90.2 cm³/mol. The van der Waals surface area contributed by atoms with E-state index in [0.717, 1.165) is 32.9 Å². The molecule has 0 aromatic heterocycles. The van der Waals surface area contributed by atoms with Crippen LogP contribution < -0.4 is 0 Å². The molecule has 1 aromatic carbocycles. The second kappa shape index (κ2) is 9.54. The van der Waals surface area contributed by atoms with Crippen molar-refractivity contribution < 1.29 is 40.8 Å². The number of halogens is 3. The number of carbonyl (C=O) groups is 3. The molecule has 0 amide bonds. The first-order valence-corrected chi connectivity index (χ1v) is 10.1. The molecule has 0 N–H and O–H groups in total. The molecule has 6 nitrogen and oxygen atoms in total. The van der Waals surface area contributed by atoms with Crippen molar-refractivity contribution in [2.24, 2.45) is 0 Å². The molecular formula is C17H21F3O6Si. The third kappa shape index (κ3) is 8.24. The molecule has 27 heavy (non-hydrogen) atoms. The summed E-state index contributed by atoms with van der Waals surface area (Å²) >= 11 is 0. The predicted octanol–water partition coefficient (Wildman–Crippen LogP) is 3.66. The van der Waals surface area contributed by atoms with Crippen LogP contribution in [-0.2, 0) is 40.3 Å². The van der Waals surface area contributed by atoms with Crippen molar-refractivity contribution in [2.45, 2.75) is 52.3 Å². The minimum Gasteiger partial charge on any atom is -0.455 e. The Balaban J connectivity index is 2.76. The van der Waals surface area contributed by atoms with Gasteiger partial charge in [-0.3, -0.25) is 14.4 Å². The summed E-state index contributed by atoms with van der Waals surface area (Å²) in [6.07, 6.45) is -3.36. The van der Waals surface area contributed by atoms with Crippen LogP contribution in [0.25, 0.3) is 0 Å². The highest BCUT2D eigenvalue weighted by molar-refractivity contribution is 6.65. The molecule has 0 unspecified atom stereocenters. The van der Waals surface area contributed by atoms with Gasteiger partial charge in [-0.25, -0.2) is 0 Å². The van der Waals surface area contributed by atoms with Gasteiger partial charge in [0.15, 0.2) is 0 Å². The van der Waals surface area contributed by atoms with Crippen molar-refractivity contribution in [1.82, 2.24) is 0 Å². The lowest BCUT2D eigenvalue weighted by molar-refractivity contribution is -0.148. The Hall–Kier alpha value is -2.36. The Morgan fingerprint density at radius 2 is 1.44 bits per heavy atom. The largest absolute Gasteiger partial charge is 0.705 e. The molecule has 0 saturated carbocycles. The molecule has 1 aromatic rings. The molecule has 1 rings (SSSR count). The molecule has 0 aliphatic carbocycles. The van der Waals surface area contributed by atoms with Gasteiger partial charge in [0.25, 0.3) is 17.9 Å². The molecule has 0 radical (unpaired) electrons. The number of unbranched alkanes of at least 4 members (excludes halogenated alkanes) is 1. The number of aryl methyl sites for hydroxylation is 1. The van der Waals surface area contributed by atoms with Crippen LogP contribution in [0.5, 0.6) is 0 Å². The van der Waals surface area contributed by atoms with E-state index in [2.05, 4.69) is 0 Å². The Morgan fingerprint density at radius 1 is 0.926 bits per heavy atom. The number of hydrogen-bond donors (Lipinski definition) is 0. The van der Waals surface area contributed by atoms with E-state index in [9.17, 15) is 27.6 Å². The summed E-state index contributed by atoms with van der Waals surface area (Å²) in [5.74, 6) is -2.29. The van der Waals surface area contributed by atoms with Gasteiger partial charge in [0.05, 0.1) is 11.6 Å². The fourth-order valence-electron chi connectivity index (χ4n) is 2.45. The second-order valence-electron chi connectivity index (χ2n) is 5.87. The van der Waals surface area contributed by atoms with E-state index < -0.39 is 38.5 Å². The maximum atomic E-state index is 12.7. The Labute approximate surface area is 156 Å². The lowest BCUT2D eigenvalue weighted by Gasteiger charge is -2.26. The topological polar surface area (TPSA) is 78.9 Å². The highest BCUT2D eigenvalue weighted by Crippen LogP contribution is 2.30. The monoisotopic (exact) mass is 406 g/mol. The molecule has 0 aliphatic heterocycles. The van der Waals surface area contributed by atoms with Gasteiger partial charge in [0.1, 0.15) is 0 Å². The van der Waals surface area contributed by atoms with Crippen molar-refractivity contribution in [3.63, 3.8) is 0 Å². The molecule has 0 spiro atoms. The van der Waals surface area contributed by atoms with Crippen LogP contribution in [0.2, 0.25) is 6.04 Å². The number of carbonyl (C=O) groups excluding carboxylic acids is 3. The molecule has 0 bridgehead atoms. The summed E-state index contributed by atoms with van der Waals surface area (Å²) in [5.41, 5.74) is -0.243. The third-order valence-corrected chi connectivity index (χ3v) is 6.11. The third-order valence-electron chi connectivity index (χ3n) is 3.35.